The maximum atomic E-state index is 13.2. The molecule has 2 aliphatic rings. The number of nitrogens with zero attached hydrogens (tertiary/aromatic N) is 1. The molecule has 0 bridgehead atoms. The number of aryl methyl sites for hydroxylation is 2. The van der Waals surface area contributed by atoms with Gasteiger partial charge in [0.15, 0.2) is 0 Å². The number of amides is 1. The summed E-state index contributed by atoms with van der Waals surface area (Å²) in [4.78, 5) is 12.8. The first kappa shape index (κ1) is 19.9. The second kappa shape index (κ2) is 8.16. The van der Waals surface area contributed by atoms with Crippen molar-refractivity contribution in [1.82, 2.24) is 5.32 Å². The number of hydrogen-bond donors (Lipinski definition) is 1. The van der Waals surface area contributed by atoms with E-state index in [1.54, 1.807) is 36.4 Å². The van der Waals surface area contributed by atoms with E-state index in [0.717, 1.165) is 43.4 Å². The van der Waals surface area contributed by atoms with Crippen molar-refractivity contribution in [2.24, 2.45) is 0 Å². The number of carbonyl (C=O) groups excluding carboxylic acids is 1. The molecular formula is C22H26N2O4S. The van der Waals surface area contributed by atoms with Gasteiger partial charge in [0, 0.05) is 25.3 Å². The molecule has 4 rings (SSSR count). The number of hydrogen-bond acceptors (Lipinski definition) is 4. The van der Waals surface area contributed by atoms with Crippen LogP contribution in [0.25, 0.3) is 0 Å². The summed E-state index contributed by atoms with van der Waals surface area (Å²) < 4.78 is 33.3. The van der Waals surface area contributed by atoms with Crippen LogP contribution in [0.15, 0.2) is 47.4 Å². The summed E-state index contributed by atoms with van der Waals surface area (Å²) in [6.45, 7) is 3.63. The Hall–Kier alpha value is -2.38. The van der Waals surface area contributed by atoms with Gasteiger partial charge in [0.05, 0.1) is 16.7 Å². The van der Waals surface area contributed by atoms with Gasteiger partial charge in [-0.05, 0) is 68.5 Å². The highest BCUT2D eigenvalue weighted by atomic mass is 32.2. The minimum absolute atomic E-state index is 0.0896. The number of anilines is 1. The average molecular weight is 415 g/mol. The molecule has 1 saturated heterocycles. The Morgan fingerprint density at radius 2 is 1.97 bits per heavy atom. The topological polar surface area (TPSA) is 75.7 Å². The van der Waals surface area contributed by atoms with Crippen molar-refractivity contribution in [1.29, 1.82) is 0 Å². The van der Waals surface area contributed by atoms with Crippen LogP contribution in [0.5, 0.6) is 0 Å². The summed E-state index contributed by atoms with van der Waals surface area (Å²) in [6.07, 6.45) is 3.56. The lowest BCUT2D eigenvalue weighted by Gasteiger charge is -2.30. The van der Waals surface area contributed by atoms with Gasteiger partial charge in [-0.15, -0.1) is 0 Å². The van der Waals surface area contributed by atoms with E-state index >= 15 is 0 Å². The Balaban J connectivity index is 1.55. The first-order chi connectivity index (χ1) is 13.9. The normalized spacial score (nSPS) is 19.1. The Kier molecular flexibility index (Phi) is 5.61. The maximum Gasteiger partial charge on any atom is 0.264 e. The van der Waals surface area contributed by atoms with Crippen LogP contribution in [0.1, 0.15) is 40.7 Å². The standard InChI is InChI=1S/C22H26N2O4S/c1-16-6-9-20(10-7-16)29(26,27)24-12-2-4-17-14-18(8-11-21(17)24)22(25)23-15-19-5-3-13-28-19/h6-11,14,19H,2-5,12-13,15H2,1H3,(H,23,25). The predicted octanol–water partition coefficient (Wildman–Crippen LogP) is 3.05. The summed E-state index contributed by atoms with van der Waals surface area (Å²) in [6, 6.07) is 12.2. The Morgan fingerprint density at radius 3 is 2.69 bits per heavy atom. The minimum Gasteiger partial charge on any atom is -0.376 e. The van der Waals surface area contributed by atoms with E-state index in [0.29, 0.717) is 24.3 Å². The van der Waals surface area contributed by atoms with Crippen LogP contribution in [0, 0.1) is 6.92 Å². The molecule has 0 spiro atoms. The Bertz CT molecular complexity index is 996. The zero-order valence-corrected chi connectivity index (χ0v) is 17.4. The van der Waals surface area contributed by atoms with Crippen molar-refractivity contribution in [2.45, 2.75) is 43.6 Å². The van der Waals surface area contributed by atoms with E-state index in [1.807, 2.05) is 13.0 Å². The second-order valence-electron chi connectivity index (χ2n) is 7.68. The molecule has 1 unspecified atom stereocenters. The Morgan fingerprint density at radius 1 is 1.17 bits per heavy atom. The molecule has 2 heterocycles. The third kappa shape index (κ3) is 4.16. The smallest absolute Gasteiger partial charge is 0.264 e. The molecule has 0 saturated carbocycles. The van der Waals surface area contributed by atoms with Crippen molar-refractivity contribution in [3.8, 4) is 0 Å². The molecule has 2 aromatic carbocycles. The van der Waals surface area contributed by atoms with Crippen LogP contribution in [-0.2, 0) is 21.2 Å². The zero-order valence-electron chi connectivity index (χ0n) is 16.6. The van der Waals surface area contributed by atoms with Gasteiger partial charge in [0.2, 0.25) is 0 Å². The van der Waals surface area contributed by atoms with E-state index in [1.165, 1.54) is 4.31 Å². The molecule has 29 heavy (non-hydrogen) atoms. The quantitative estimate of drug-likeness (QED) is 0.816. The van der Waals surface area contributed by atoms with E-state index in [4.69, 9.17) is 4.74 Å². The van der Waals surface area contributed by atoms with Crippen molar-refractivity contribution in [2.75, 3.05) is 24.0 Å². The van der Waals surface area contributed by atoms with Gasteiger partial charge in [-0.25, -0.2) is 8.42 Å². The van der Waals surface area contributed by atoms with Gasteiger partial charge in [0.25, 0.3) is 15.9 Å². The van der Waals surface area contributed by atoms with Crippen LogP contribution >= 0.6 is 0 Å². The monoisotopic (exact) mass is 414 g/mol. The number of fused-ring (bicyclic) bond motifs is 1. The zero-order chi connectivity index (χ0) is 20.4. The van der Waals surface area contributed by atoms with Crippen molar-refractivity contribution in [3.63, 3.8) is 0 Å². The van der Waals surface area contributed by atoms with Crippen LogP contribution < -0.4 is 9.62 Å². The fraction of sp³-hybridized carbons (Fsp3) is 0.409. The van der Waals surface area contributed by atoms with Crippen LogP contribution in [0.2, 0.25) is 0 Å². The highest BCUT2D eigenvalue weighted by Crippen LogP contribution is 2.32. The van der Waals surface area contributed by atoms with Gasteiger partial charge in [-0.1, -0.05) is 17.7 Å². The lowest BCUT2D eigenvalue weighted by Crippen LogP contribution is -2.36. The van der Waals surface area contributed by atoms with Gasteiger partial charge in [-0.3, -0.25) is 9.10 Å². The maximum absolute atomic E-state index is 13.2. The molecule has 0 radical (unpaired) electrons. The SMILES string of the molecule is Cc1ccc(S(=O)(=O)N2CCCc3cc(C(=O)NCC4CCCO4)ccc32)cc1. The lowest BCUT2D eigenvalue weighted by atomic mass is 10.0. The number of sulfonamides is 1. The van der Waals surface area contributed by atoms with Gasteiger partial charge < -0.3 is 10.1 Å². The first-order valence-corrected chi connectivity index (χ1v) is 11.5. The molecule has 1 fully saturated rings. The second-order valence-corrected chi connectivity index (χ2v) is 9.54. The summed E-state index contributed by atoms with van der Waals surface area (Å²) >= 11 is 0. The molecule has 7 heteroatoms. The van der Waals surface area contributed by atoms with Gasteiger partial charge in [-0.2, -0.15) is 0 Å². The molecule has 0 aromatic heterocycles. The number of ether oxygens (including phenoxy) is 1. The van der Waals surface area contributed by atoms with Crippen LogP contribution in [0.4, 0.5) is 5.69 Å². The van der Waals surface area contributed by atoms with Crippen molar-refractivity contribution >= 4 is 21.6 Å². The van der Waals surface area contributed by atoms with Gasteiger partial charge >= 0.3 is 0 Å². The van der Waals surface area contributed by atoms with Gasteiger partial charge in [0.1, 0.15) is 0 Å². The molecular weight excluding hydrogens is 388 g/mol. The summed E-state index contributed by atoms with van der Waals surface area (Å²) in [5, 5.41) is 2.92. The molecule has 1 N–H and O–H groups in total. The first-order valence-electron chi connectivity index (χ1n) is 10.1. The predicted molar refractivity (Wildman–Crippen MR) is 112 cm³/mol. The number of nitrogens with one attached hydrogen (secondary N) is 1. The number of carbonyl (C=O) groups is 1. The summed E-state index contributed by atoms with van der Waals surface area (Å²) in [7, 11) is -3.63. The summed E-state index contributed by atoms with van der Waals surface area (Å²) in [5.41, 5.74) is 3.11. The third-order valence-electron chi connectivity index (χ3n) is 5.54. The highest BCUT2D eigenvalue weighted by Gasteiger charge is 2.29. The van der Waals surface area contributed by atoms with Crippen molar-refractivity contribution in [3.05, 3.63) is 59.2 Å². The molecule has 1 amide bonds. The molecule has 2 aromatic rings. The molecule has 0 aliphatic carbocycles. The average Bonchev–Trinajstić information content (AvgIpc) is 3.25. The van der Waals surface area contributed by atoms with E-state index < -0.39 is 10.0 Å². The van der Waals surface area contributed by atoms with E-state index in [2.05, 4.69) is 5.32 Å². The molecule has 6 nitrogen and oxygen atoms in total. The van der Waals surface area contributed by atoms with E-state index in [9.17, 15) is 13.2 Å². The molecule has 1 atom stereocenters. The minimum atomic E-state index is -3.63. The fourth-order valence-electron chi connectivity index (χ4n) is 3.90. The summed E-state index contributed by atoms with van der Waals surface area (Å²) in [5.74, 6) is -0.151. The lowest BCUT2D eigenvalue weighted by molar-refractivity contribution is 0.0857. The largest absolute Gasteiger partial charge is 0.376 e. The molecule has 154 valence electrons. The third-order valence-corrected chi connectivity index (χ3v) is 7.37. The van der Waals surface area contributed by atoms with Crippen molar-refractivity contribution < 1.29 is 17.9 Å². The number of benzene rings is 2. The highest BCUT2D eigenvalue weighted by molar-refractivity contribution is 7.92. The molecule has 2 aliphatic heterocycles. The van der Waals surface area contributed by atoms with Crippen LogP contribution in [0.3, 0.4) is 0 Å². The van der Waals surface area contributed by atoms with E-state index in [-0.39, 0.29) is 16.9 Å². The fourth-order valence-corrected chi connectivity index (χ4v) is 5.45. The number of rotatable bonds is 5. The van der Waals surface area contributed by atoms with Crippen LogP contribution in [-0.4, -0.2) is 40.1 Å². The Labute approximate surface area is 171 Å².